The van der Waals surface area contributed by atoms with Crippen LogP contribution >= 0.6 is 0 Å². The van der Waals surface area contributed by atoms with Gasteiger partial charge < -0.3 is 9.80 Å². The maximum Gasteiger partial charge on any atom is 0.00388 e. The molecule has 2 nitrogen and oxygen atoms in total. The summed E-state index contributed by atoms with van der Waals surface area (Å²) in [6.45, 7) is 16.1. The molecule has 2 aliphatic heterocycles. The number of hydrogen-bond acceptors (Lipinski definition) is 2. The Bertz CT molecular complexity index is 219. The van der Waals surface area contributed by atoms with Crippen molar-refractivity contribution in [2.45, 2.75) is 40.2 Å². The van der Waals surface area contributed by atoms with Gasteiger partial charge >= 0.3 is 0 Å². The van der Waals surface area contributed by atoms with Crippen molar-refractivity contribution in [3.8, 4) is 0 Å². The molecule has 2 heterocycles. The van der Waals surface area contributed by atoms with E-state index in [1.54, 1.807) is 0 Å². The van der Waals surface area contributed by atoms with E-state index in [-0.39, 0.29) is 0 Å². The molecule has 94 valence electrons. The van der Waals surface area contributed by atoms with Crippen molar-refractivity contribution in [1.29, 1.82) is 0 Å². The van der Waals surface area contributed by atoms with Crippen molar-refractivity contribution in [3.05, 3.63) is 0 Å². The van der Waals surface area contributed by atoms with Gasteiger partial charge in [-0.3, -0.25) is 0 Å². The van der Waals surface area contributed by atoms with Gasteiger partial charge in [-0.05, 0) is 44.6 Å². The van der Waals surface area contributed by atoms with Crippen LogP contribution in [0.1, 0.15) is 34.1 Å². The Kier molecular flexibility index (Phi) is 3.91. The second-order valence-corrected chi connectivity index (χ2v) is 6.47. The number of hydrogen-bond donors (Lipinski definition) is 0. The third-order valence-electron chi connectivity index (χ3n) is 4.48. The van der Waals surface area contributed by atoms with E-state index < -0.39 is 0 Å². The Morgan fingerprint density at radius 1 is 1.06 bits per heavy atom. The quantitative estimate of drug-likeness (QED) is 0.723. The molecule has 16 heavy (non-hydrogen) atoms. The second-order valence-electron chi connectivity index (χ2n) is 6.47. The van der Waals surface area contributed by atoms with Gasteiger partial charge in [0.15, 0.2) is 0 Å². The third kappa shape index (κ3) is 2.78. The Hall–Kier alpha value is -0.0800. The number of rotatable bonds is 4. The lowest BCUT2D eigenvalue weighted by Crippen LogP contribution is -2.53. The van der Waals surface area contributed by atoms with Crippen molar-refractivity contribution in [3.63, 3.8) is 0 Å². The van der Waals surface area contributed by atoms with Crippen molar-refractivity contribution < 1.29 is 0 Å². The SMILES string of the molecule is CC(C)[C@H]1CCN(CC2CN(C(C)C)C2)C1. The van der Waals surface area contributed by atoms with Crippen LogP contribution in [0.2, 0.25) is 0 Å². The molecule has 0 aromatic heterocycles. The fraction of sp³-hybridized carbons (Fsp3) is 1.00. The highest BCUT2D eigenvalue weighted by Gasteiger charge is 2.32. The highest BCUT2D eigenvalue weighted by Crippen LogP contribution is 2.26. The van der Waals surface area contributed by atoms with Crippen molar-refractivity contribution in [1.82, 2.24) is 9.80 Å². The normalized spacial score (nSPS) is 29.2. The molecule has 0 radical (unpaired) electrons. The average Bonchev–Trinajstić information content (AvgIpc) is 2.58. The Balaban J connectivity index is 1.66. The molecular weight excluding hydrogens is 196 g/mol. The van der Waals surface area contributed by atoms with Gasteiger partial charge in [0.2, 0.25) is 0 Å². The molecule has 0 saturated carbocycles. The molecule has 0 amide bonds. The first-order valence-corrected chi connectivity index (χ1v) is 7.02. The minimum Gasteiger partial charge on any atom is -0.303 e. The van der Waals surface area contributed by atoms with Crippen LogP contribution in [0.3, 0.4) is 0 Å². The van der Waals surface area contributed by atoms with Crippen LogP contribution in [0.4, 0.5) is 0 Å². The van der Waals surface area contributed by atoms with Gasteiger partial charge in [0.1, 0.15) is 0 Å². The summed E-state index contributed by atoms with van der Waals surface area (Å²) in [6.07, 6.45) is 1.43. The predicted molar refractivity (Wildman–Crippen MR) is 69.6 cm³/mol. The van der Waals surface area contributed by atoms with E-state index in [4.69, 9.17) is 0 Å². The Morgan fingerprint density at radius 2 is 1.75 bits per heavy atom. The third-order valence-corrected chi connectivity index (χ3v) is 4.48. The highest BCUT2D eigenvalue weighted by atomic mass is 15.2. The van der Waals surface area contributed by atoms with Crippen LogP contribution in [-0.2, 0) is 0 Å². The Labute approximate surface area is 101 Å². The molecule has 0 bridgehead atoms. The number of likely N-dealkylation sites (tertiary alicyclic amines) is 2. The summed E-state index contributed by atoms with van der Waals surface area (Å²) in [6, 6.07) is 0.748. The maximum absolute atomic E-state index is 2.70. The topological polar surface area (TPSA) is 6.48 Å². The minimum absolute atomic E-state index is 0.748. The lowest BCUT2D eigenvalue weighted by Gasteiger charge is -2.43. The highest BCUT2D eigenvalue weighted by molar-refractivity contribution is 4.87. The predicted octanol–water partition coefficient (Wildman–Crippen LogP) is 2.30. The zero-order valence-corrected chi connectivity index (χ0v) is 11.4. The number of nitrogens with zero attached hydrogens (tertiary/aromatic N) is 2. The largest absolute Gasteiger partial charge is 0.303 e. The zero-order chi connectivity index (χ0) is 11.7. The average molecular weight is 224 g/mol. The first-order valence-electron chi connectivity index (χ1n) is 7.02. The van der Waals surface area contributed by atoms with Gasteiger partial charge in [0.25, 0.3) is 0 Å². The molecule has 0 unspecified atom stereocenters. The van der Waals surface area contributed by atoms with Gasteiger partial charge in [-0.1, -0.05) is 13.8 Å². The van der Waals surface area contributed by atoms with Gasteiger partial charge in [0.05, 0.1) is 0 Å². The van der Waals surface area contributed by atoms with E-state index in [1.165, 1.54) is 39.1 Å². The molecule has 1 atom stereocenters. The fourth-order valence-corrected chi connectivity index (χ4v) is 3.08. The lowest BCUT2D eigenvalue weighted by molar-refractivity contribution is 0.0461. The molecule has 2 fully saturated rings. The zero-order valence-electron chi connectivity index (χ0n) is 11.4. The van der Waals surface area contributed by atoms with Crippen LogP contribution in [0.5, 0.6) is 0 Å². The van der Waals surface area contributed by atoms with Crippen molar-refractivity contribution in [2.75, 3.05) is 32.7 Å². The maximum atomic E-state index is 2.70. The van der Waals surface area contributed by atoms with Gasteiger partial charge in [0, 0.05) is 32.2 Å². The Morgan fingerprint density at radius 3 is 2.25 bits per heavy atom. The van der Waals surface area contributed by atoms with Crippen molar-refractivity contribution >= 4 is 0 Å². The second kappa shape index (κ2) is 5.05. The molecule has 2 aliphatic rings. The summed E-state index contributed by atoms with van der Waals surface area (Å²) in [5, 5.41) is 0. The molecule has 0 N–H and O–H groups in total. The van der Waals surface area contributed by atoms with E-state index in [0.29, 0.717) is 0 Å². The van der Waals surface area contributed by atoms with E-state index in [9.17, 15) is 0 Å². The standard InChI is InChI=1S/C14H28N2/c1-11(2)14-5-6-15(10-14)7-13-8-16(9-13)12(3)4/h11-14H,5-10H2,1-4H3/t14-/m0/s1. The van der Waals surface area contributed by atoms with E-state index >= 15 is 0 Å². The van der Waals surface area contributed by atoms with Crippen LogP contribution in [-0.4, -0.2) is 48.6 Å². The monoisotopic (exact) mass is 224 g/mol. The molecule has 0 aromatic carbocycles. The summed E-state index contributed by atoms with van der Waals surface area (Å²) < 4.78 is 0. The van der Waals surface area contributed by atoms with E-state index in [1.807, 2.05) is 0 Å². The smallest absolute Gasteiger partial charge is 0.00388 e. The first-order chi connectivity index (χ1) is 7.56. The summed E-state index contributed by atoms with van der Waals surface area (Å²) in [4.78, 5) is 5.29. The summed E-state index contributed by atoms with van der Waals surface area (Å²) in [7, 11) is 0. The van der Waals surface area contributed by atoms with Crippen LogP contribution in [0, 0.1) is 17.8 Å². The molecule has 2 heteroatoms. The van der Waals surface area contributed by atoms with Crippen LogP contribution in [0.15, 0.2) is 0 Å². The van der Waals surface area contributed by atoms with Gasteiger partial charge in [-0.15, -0.1) is 0 Å². The molecule has 2 rings (SSSR count). The first kappa shape index (κ1) is 12.4. The van der Waals surface area contributed by atoms with Crippen molar-refractivity contribution in [2.24, 2.45) is 17.8 Å². The molecule has 0 aliphatic carbocycles. The van der Waals surface area contributed by atoms with Gasteiger partial charge in [-0.25, -0.2) is 0 Å². The summed E-state index contributed by atoms with van der Waals surface area (Å²) in [5.74, 6) is 2.79. The molecule has 0 spiro atoms. The van der Waals surface area contributed by atoms with Crippen LogP contribution < -0.4 is 0 Å². The fourth-order valence-electron chi connectivity index (χ4n) is 3.08. The summed E-state index contributed by atoms with van der Waals surface area (Å²) in [5.41, 5.74) is 0. The molecular formula is C14H28N2. The molecule has 2 saturated heterocycles. The van der Waals surface area contributed by atoms with Crippen LogP contribution in [0.25, 0.3) is 0 Å². The van der Waals surface area contributed by atoms with E-state index in [2.05, 4.69) is 37.5 Å². The minimum atomic E-state index is 0.748. The lowest BCUT2D eigenvalue weighted by atomic mass is 9.95. The summed E-state index contributed by atoms with van der Waals surface area (Å²) >= 11 is 0. The van der Waals surface area contributed by atoms with E-state index in [0.717, 1.165) is 23.8 Å². The molecule has 0 aromatic rings. The van der Waals surface area contributed by atoms with Gasteiger partial charge in [-0.2, -0.15) is 0 Å².